The second kappa shape index (κ2) is 10.9. The van der Waals surface area contributed by atoms with E-state index in [9.17, 15) is 28.1 Å². The second-order valence-corrected chi connectivity index (χ2v) is 10.9. The van der Waals surface area contributed by atoms with Gasteiger partial charge in [-0.25, -0.2) is 8.42 Å². The average molecular weight is 555 g/mol. The lowest BCUT2D eigenvalue weighted by molar-refractivity contribution is -0.384. The summed E-state index contributed by atoms with van der Waals surface area (Å²) in [4.78, 5) is 40.1. The number of benzene rings is 3. The molecule has 4 aromatic rings. The van der Waals surface area contributed by atoms with Gasteiger partial charge in [0.15, 0.2) is 4.80 Å². The number of hydrogen-bond acceptors (Lipinski definition) is 8. The summed E-state index contributed by atoms with van der Waals surface area (Å²) in [5.41, 5.74) is 0.944. The molecule has 0 spiro atoms. The molecule has 1 heterocycles. The van der Waals surface area contributed by atoms with Gasteiger partial charge in [0.25, 0.3) is 21.6 Å². The molecule has 1 amide bonds. The molecule has 11 nitrogen and oxygen atoms in total. The summed E-state index contributed by atoms with van der Waals surface area (Å²) in [6.07, 6.45) is 0. The number of anilines is 1. The van der Waals surface area contributed by atoms with Gasteiger partial charge in [-0.15, -0.1) is 0 Å². The number of esters is 1. The fourth-order valence-corrected chi connectivity index (χ4v) is 5.86. The van der Waals surface area contributed by atoms with Gasteiger partial charge < -0.3 is 9.30 Å². The van der Waals surface area contributed by atoms with Crippen molar-refractivity contribution in [3.05, 3.63) is 93.3 Å². The number of rotatable bonds is 8. The molecule has 0 fully saturated rings. The van der Waals surface area contributed by atoms with Crippen LogP contribution in [-0.4, -0.2) is 43.4 Å². The molecule has 0 saturated carbocycles. The van der Waals surface area contributed by atoms with Crippen LogP contribution in [0.3, 0.4) is 0 Å². The first-order valence-corrected chi connectivity index (χ1v) is 13.5. The number of ether oxygens (including phenoxy) is 1. The van der Waals surface area contributed by atoms with Crippen LogP contribution in [0.1, 0.15) is 17.3 Å². The van der Waals surface area contributed by atoms with Gasteiger partial charge in [0.2, 0.25) is 0 Å². The van der Waals surface area contributed by atoms with Crippen molar-refractivity contribution < 1.29 is 27.7 Å². The maximum absolute atomic E-state index is 13.0. The second-order valence-electron chi connectivity index (χ2n) is 7.93. The number of sulfonamides is 1. The number of nitro groups is 1. The Kier molecular flexibility index (Phi) is 7.69. The molecule has 13 heteroatoms. The van der Waals surface area contributed by atoms with Gasteiger partial charge in [-0.3, -0.25) is 24.0 Å². The van der Waals surface area contributed by atoms with E-state index < -0.39 is 26.8 Å². The van der Waals surface area contributed by atoms with Crippen LogP contribution in [-0.2, 0) is 26.1 Å². The number of amides is 1. The lowest BCUT2D eigenvalue weighted by Gasteiger charge is -2.19. The zero-order valence-electron chi connectivity index (χ0n) is 20.3. The van der Waals surface area contributed by atoms with E-state index in [-0.39, 0.29) is 34.1 Å². The Morgan fingerprint density at radius 1 is 1.08 bits per heavy atom. The Labute approximate surface area is 221 Å². The number of nitro benzene ring substituents is 1. The number of hydrogen-bond donors (Lipinski definition) is 0. The standard InChI is InChI=1S/C25H22N4O7S2/c1-3-36-23(30)16-28-21-14-11-19(29(32)33)15-22(21)37-25(28)26-24(31)17-9-12-20(13-10-17)38(34,35)27(2)18-7-5-4-6-8-18/h4-15H,3,16H2,1-2H3. The summed E-state index contributed by atoms with van der Waals surface area (Å²) in [7, 11) is -2.43. The summed E-state index contributed by atoms with van der Waals surface area (Å²) < 4.78 is 34.1. The molecule has 3 aromatic carbocycles. The molecule has 0 radical (unpaired) electrons. The first kappa shape index (κ1) is 26.7. The topological polar surface area (TPSA) is 141 Å². The van der Waals surface area contributed by atoms with Crippen molar-refractivity contribution in [2.75, 3.05) is 18.0 Å². The summed E-state index contributed by atoms with van der Waals surface area (Å²) in [6, 6.07) is 18.0. The quantitative estimate of drug-likeness (QED) is 0.183. The van der Waals surface area contributed by atoms with Crippen molar-refractivity contribution in [3.8, 4) is 0 Å². The monoisotopic (exact) mass is 554 g/mol. The number of carbonyl (C=O) groups excluding carboxylic acids is 2. The van der Waals surface area contributed by atoms with E-state index >= 15 is 0 Å². The minimum absolute atomic E-state index is 0.00745. The molecule has 0 aliphatic rings. The Balaban J connectivity index is 1.69. The highest BCUT2D eigenvalue weighted by Crippen LogP contribution is 2.24. The van der Waals surface area contributed by atoms with Crippen molar-refractivity contribution in [2.24, 2.45) is 4.99 Å². The number of carbonyl (C=O) groups is 2. The zero-order chi connectivity index (χ0) is 27.4. The number of nitrogens with zero attached hydrogens (tertiary/aromatic N) is 4. The number of non-ortho nitro benzene ring substituents is 1. The minimum atomic E-state index is -3.86. The van der Waals surface area contributed by atoms with E-state index in [4.69, 9.17) is 4.74 Å². The molecule has 0 aliphatic heterocycles. The fourth-order valence-electron chi connectivity index (χ4n) is 3.61. The number of thiazole rings is 1. The smallest absolute Gasteiger partial charge is 0.326 e. The molecule has 196 valence electrons. The van der Waals surface area contributed by atoms with Gasteiger partial charge >= 0.3 is 5.97 Å². The first-order valence-electron chi connectivity index (χ1n) is 11.3. The maximum Gasteiger partial charge on any atom is 0.326 e. The molecule has 0 unspecified atom stereocenters. The van der Waals surface area contributed by atoms with Crippen LogP contribution >= 0.6 is 11.3 Å². The van der Waals surface area contributed by atoms with Gasteiger partial charge in [0, 0.05) is 24.7 Å². The number of aromatic nitrogens is 1. The van der Waals surface area contributed by atoms with Crippen molar-refractivity contribution in [2.45, 2.75) is 18.4 Å². The molecule has 0 aliphatic carbocycles. The van der Waals surface area contributed by atoms with E-state index in [1.54, 1.807) is 37.3 Å². The Morgan fingerprint density at radius 2 is 1.76 bits per heavy atom. The summed E-state index contributed by atoms with van der Waals surface area (Å²) >= 11 is 1.01. The van der Waals surface area contributed by atoms with Gasteiger partial charge in [-0.1, -0.05) is 29.5 Å². The average Bonchev–Trinajstić information content (AvgIpc) is 3.24. The largest absolute Gasteiger partial charge is 0.465 e. The lowest BCUT2D eigenvalue weighted by atomic mass is 10.2. The van der Waals surface area contributed by atoms with Crippen molar-refractivity contribution in [1.82, 2.24) is 4.57 Å². The van der Waals surface area contributed by atoms with Crippen LogP contribution in [0, 0.1) is 10.1 Å². The maximum atomic E-state index is 13.0. The Hall–Kier alpha value is -4.36. The molecule has 0 atom stereocenters. The van der Waals surface area contributed by atoms with Crippen LogP contribution in [0.15, 0.2) is 82.7 Å². The lowest BCUT2D eigenvalue weighted by Crippen LogP contribution is -2.26. The van der Waals surface area contributed by atoms with Gasteiger partial charge in [0.1, 0.15) is 6.54 Å². The predicted molar refractivity (Wildman–Crippen MR) is 141 cm³/mol. The van der Waals surface area contributed by atoms with Crippen LogP contribution < -0.4 is 9.11 Å². The predicted octanol–water partition coefficient (Wildman–Crippen LogP) is 3.74. The highest BCUT2D eigenvalue weighted by atomic mass is 32.2. The number of para-hydroxylation sites is 1. The van der Waals surface area contributed by atoms with E-state index in [0.717, 1.165) is 15.6 Å². The third-order valence-corrected chi connectivity index (χ3v) is 8.39. The van der Waals surface area contributed by atoms with Gasteiger partial charge in [0.05, 0.1) is 32.3 Å². The molecule has 38 heavy (non-hydrogen) atoms. The highest BCUT2D eigenvalue weighted by Gasteiger charge is 2.22. The molecular weight excluding hydrogens is 532 g/mol. The highest BCUT2D eigenvalue weighted by molar-refractivity contribution is 7.92. The van der Waals surface area contributed by atoms with Crippen LogP contribution in [0.25, 0.3) is 10.2 Å². The fraction of sp³-hybridized carbons (Fsp3) is 0.160. The van der Waals surface area contributed by atoms with E-state index in [1.165, 1.54) is 54.1 Å². The molecular formula is C25H22N4O7S2. The molecule has 0 bridgehead atoms. The summed E-state index contributed by atoms with van der Waals surface area (Å²) in [5.74, 6) is -1.24. The zero-order valence-corrected chi connectivity index (χ0v) is 21.9. The Morgan fingerprint density at radius 3 is 2.39 bits per heavy atom. The van der Waals surface area contributed by atoms with Crippen LogP contribution in [0.4, 0.5) is 11.4 Å². The van der Waals surface area contributed by atoms with Crippen molar-refractivity contribution in [1.29, 1.82) is 0 Å². The van der Waals surface area contributed by atoms with Gasteiger partial charge in [-0.2, -0.15) is 4.99 Å². The van der Waals surface area contributed by atoms with Crippen molar-refractivity contribution in [3.63, 3.8) is 0 Å². The van der Waals surface area contributed by atoms with E-state index in [0.29, 0.717) is 15.9 Å². The summed E-state index contributed by atoms with van der Waals surface area (Å²) in [5, 5.41) is 11.2. The minimum Gasteiger partial charge on any atom is -0.465 e. The molecule has 0 saturated heterocycles. The molecule has 0 N–H and O–H groups in total. The third-order valence-electron chi connectivity index (χ3n) is 5.55. The van der Waals surface area contributed by atoms with Crippen LogP contribution in [0.2, 0.25) is 0 Å². The summed E-state index contributed by atoms with van der Waals surface area (Å²) in [6.45, 7) is 1.57. The molecule has 4 rings (SSSR count). The van der Waals surface area contributed by atoms with Crippen LogP contribution in [0.5, 0.6) is 0 Å². The first-order chi connectivity index (χ1) is 18.1. The Bertz CT molecular complexity index is 1690. The normalized spacial score (nSPS) is 11.9. The van der Waals surface area contributed by atoms with E-state index in [2.05, 4.69) is 4.99 Å². The number of fused-ring (bicyclic) bond motifs is 1. The van der Waals surface area contributed by atoms with Crippen molar-refractivity contribution >= 4 is 54.8 Å². The van der Waals surface area contributed by atoms with Gasteiger partial charge in [-0.05, 0) is 49.4 Å². The van der Waals surface area contributed by atoms with E-state index in [1.807, 2.05) is 0 Å². The SMILES string of the molecule is CCOC(=O)Cn1c(=NC(=O)c2ccc(S(=O)(=O)N(C)c3ccccc3)cc2)sc2cc([N+](=O)[O-])ccc21. The third kappa shape index (κ3) is 5.48. The molecule has 1 aromatic heterocycles.